The van der Waals surface area contributed by atoms with E-state index in [1.165, 1.54) is 4.90 Å². The van der Waals surface area contributed by atoms with E-state index in [0.29, 0.717) is 12.8 Å². The van der Waals surface area contributed by atoms with Crippen LogP contribution in [-0.2, 0) is 24.0 Å². The summed E-state index contributed by atoms with van der Waals surface area (Å²) >= 11 is 0. The van der Waals surface area contributed by atoms with Crippen molar-refractivity contribution in [3.8, 4) is 0 Å². The number of amides is 5. The van der Waals surface area contributed by atoms with Crippen LogP contribution in [0.3, 0.4) is 0 Å². The number of hydrogen-bond acceptors (Lipinski definition) is 6. The lowest BCUT2D eigenvalue weighted by Gasteiger charge is -2.39. The minimum Gasteiger partial charge on any atom is -0.363 e. The summed E-state index contributed by atoms with van der Waals surface area (Å²) in [6, 6.07) is -4.19. The monoisotopic (exact) mass is 631 g/mol. The van der Waals surface area contributed by atoms with Gasteiger partial charge in [-0.1, -0.05) is 80.6 Å². The van der Waals surface area contributed by atoms with Gasteiger partial charge < -0.3 is 26.6 Å². The molecule has 5 atom stereocenters. The molecule has 5 amide bonds. The van der Waals surface area contributed by atoms with Gasteiger partial charge in [0.25, 0.3) is 5.91 Å². The van der Waals surface area contributed by atoms with Gasteiger partial charge in [0.15, 0.2) is 5.78 Å². The Labute approximate surface area is 268 Å². The van der Waals surface area contributed by atoms with Crippen molar-refractivity contribution in [2.75, 3.05) is 6.54 Å². The largest absolute Gasteiger partial charge is 0.363 e. The first-order chi connectivity index (χ1) is 20.9. The average Bonchev–Trinajstić information content (AvgIpc) is 3.89. The molecule has 0 aliphatic heterocycles. The second-order valence-corrected chi connectivity index (χ2v) is 15.7. The number of nitrogens with two attached hydrogens (primary N) is 1. The molecule has 11 heteroatoms. The second kappa shape index (κ2) is 14.6. The van der Waals surface area contributed by atoms with E-state index in [2.05, 4.69) is 16.0 Å². The Bertz CT molecular complexity index is 1130. The van der Waals surface area contributed by atoms with Crippen molar-refractivity contribution in [3.05, 3.63) is 0 Å². The summed E-state index contributed by atoms with van der Waals surface area (Å²) < 4.78 is 0. The van der Waals surface area contributed by atoms with Crippen molar-refractivity contribution in [1.82, 2.24) is 20.9 Å². The summed E-state index contributed by atoms with van der Waals surface area (Å²) in [5, 5.41) is 8.58. The zero-order valence-electron chi connectivity index (χ0n) is 28.7. The van der Waals surface area contributed by atoms with Crippen LogP contribution in [-0.4, -0.2) is 70.9 Å². The molecule has 0 bridgehead atoms. The van der Waals surface area contributed by atoms with Gasteiger partial charge >= 0.3 is 6.03 Å². The Morgan fingerprint density at radius 3 is 1.93 bits per heavy atom. The zero-order chi connectivity index (χ0) is 33.9. The SMILES string of the molecule is CCN(C(=O)[C@@H](NC(=O)N[C@H](C(=O)C(C)C)C1CCCCC1)C(C)(C)C)[C@H](C(=O)NC(CC1CC1)C(=O)C(N)=O)[C@@H]1CC1(C)C. The number of likely N-dealkylation sites (N-methyl/N-ethyl adjacent to an activating group) is 1. The number of carbonyl (C=O) groups is 6. The molecular weight excluding hydrogens is 574 g/mol. The molecule has 3 rings (SSSR count). The van der Waals surface area contributed by atoms with Gasteiger partial charge in [-0.25, -0.2) is 4.79 Å². The predicted molar refractivity (Wildman–Crippen MR) is 172 cm³/mol. The van der Waals surface area contributed by atoms with E-state index in [-0.39, 0.29) is 41.4 Å². The smallest absolute Gasteiger partial charge is 0.316 e. The first-order valence-corrected chi connectivity index (χ1v) is 16.9. The van der Waals surface area contributed by atoms with Crippen LogP contribution >= 0.6 is 0 Å². The molecule has 0 aromatic rings. The van der Waals surface area contributed by atoms with Crippen molar-refractivity contribution in [3.63, 3.8) is 0 Å². The summed E-state index contributed by atoms with van der Waals surface area (Å²) in [6.45, 7) is 15.2. The Hall–Kier alpha value is -2.98. The first-order valence-electron chi connectivity index (χ1n) is 16.9. The van der Waals surface area contributed by atoms with Crippen LogP contribution in [0.15, 0.2) is 0 Å². The third-order valence-corrected chi connectivity index (χ3v) is 10.0. The summed E-state index contributed by atoms with van der Waals surface area (Å²) in [5.74, 6) is -3.03. The normalized spacial score (nSPS) is 22.4. The highest BCUT2D eigenvalue weighted by molar-refractivity contribution is 6.37. The van der Waals surface area contributed by atoms with Gasteiger partial charge in [-0.05, 0) is 61.2 Å². The third kappa shape index (κ3) is 9.51. The van der Waals surface area contributed by atoms with E-state index in [1.807, 2.05) is 48.5 Å². The fourth-order valence-corrected chi connectivity index (χ4v) is 6.80. The molecule has 3 fully saturated rings. The highest BCUT2D eigenvalue weighted by atomic mass is 16.2. The fourth-order valence-electron chi connectivity index (χ4n) is 6.80. The zero-order valence-corrected chi connectivity index (χ0v) is 28.7. The van der Waals surface area contributed by atoms with E-state index >= 15 is 0 Å². The van der Waals surface area contributed by atoms with Gasteiger partial charge in [-0.3, -0.25) is 24.0 Å². The van der Waals surface area contributed by atoms with Gasteiger partial charge in [0, 0.05) is 12.5 Å². The molecular formula is C34H57N5O6. The number of nitrogens with one attached hydrogen (secondary N) is 3. The van der Waals surface area contributed by atoms with E-state index in [9.17, 15) is 28.8 Å². The number of carbonyl (C=O) groups excluding carboxylic acids is 6. The average molecular weight is 632 g/mol. The second-order valence-electron chi connectivity index (χ2n) is 15.7. The molecule has 254 valence electrons. The number of Topliss-reactive ketones (excluding diaryl/α,β-unsaturated/α-hetero) is 2. The van der Waals surface area contributed by atoms with E-state index in [0.717, 1.165) is 44.9 Å². The molecule has 3 saturated carbocycles. The minimum absolute atomic E-state index is 0.0233. The molecule has 45 heavy (non-hydrogen) atoms. The maximum Gasteiger partial charge on any atom is 0.316 e. The molecule has 3 aliphatic carbocycles. The van der Waals surface area contributed by atoms with Crippen molar-refractivity contribution < 1.29 is 28.8 Å². The summed E-state index contributed by atoms with van der Waals surface area (Å²) in [7, 11) is 0. The maximum absolute atomic E-state index is 14.4. The van der Waals surface area contributed by atoms with Gasteiger partial charge in [0.05, 0.1) is 12.1 Å². The highest BCUT2D eigenvalue weighted by Gasteiger charge is 2.56. The van der Waals surface area contributed by atoms with Crippen LogP contribution in [0.25, 0.3) is 0 Å². The van der Waals surface area contributed by atoms with Crippen LogP contribution < -0.4 is 21.7 Å². The predicted octanol–water partition coefficient (Wildman–Crippen LogP) is 3.48. The van der Waals surface area contributed by atoms with Crippen LogP contribution in [0.5, 0.6) is 0 Å². The van der Waals surface area contributed by atoms with Gasteiger partial charge in [0.1, 0.15) is 12.1 Å². The summed E-state index contributed by atoms with van der Waals surface area (Å²) in [6.07, 6.45) is 7.73. The molecule has 0 radical (unpaired) electrons. The molecule has 0 heterocycles. The highest BCUT2D eigenvalue weighted by Crippen LogP contribution is 2.55. The fraction of sp³-hybridized carbons (Fsp3) is 0.824. The number of nitrogens with zero attached hydrogens (tertiary/aromatic N) is 1. The quantitative estimate of drug-likeness (QED) is 0.202. The molecule has 3 aliphatic rings. The van der Waals surface area contributed by atoms with Crippen LogP contribution in [0.4, 0.5) is 4.79 Å². The first kappa shape index (κ1) is 36.5. The lowest BCUT2D eigenvalue weighted by molar-refractivity contribution is -0.146. The van der Waals surface area contributed by atoms with Crippen LogP contribution in [0.1, 0.15) is 113 Å². The van der Waals surface area contributed by atoms with Crippen molar-refractivity contribution >= 4 is 35.3 Å². The van der Waals surface area contributed by atoms with E-state index in [4.69, 9.17) is 5.73 Å². The standard InChI is InChI=1S/C34H57N5O6/c1-9-39(25(22-18-34(22,7)8)30(43)36-23(17-20-15-16-20)27(41)29(35)42)31(44)28(33(4,5)6)38-32(45)37-24(26(40)19(2)3)21-13-11-10-12-14-21/h19-25,28H,9-18H2,1-8H3,(H2,35,42)(H,36,43)(H2,37,38,45)/t22-,23?,24-,25-,28+/m0/s1. The Balaban J connectivity index is 1.86. The third-order valence-electron chi connectivity index (χ3n) is 10.0. The van der Waals surface area contributed by atoms with Crippen molar-refractivity contribution in [2.24, 2.45) is 40.2 Å². The van der Waals surface area contributed by atoms with Crippen LogP contribution in [0, 0.1) is 34.5 Å². The number of hydrogen-bond donors (Lipinski definition) is 4. The maximum atomic E-state index is 14.4. The topological polar surface area (TPSA) is 168 Å². The molecule has 1 unspecified atom stereocenters. The number of rotatable bonds is 15. The molecule has 11 nitrogen and oxygen atoms in total. The Kier molecular flexibility index (Phi) is 11.9. The van der Waals surface area contributed by atoms with E-state index in [1.54, 1.807) is 6.92 Å². The number of ketones is 2. The van der Waals surface area contributed by atoms with Gasteiger partial charge in [-0.15, -0.1) is 0 Å². The van der Waals surface area contributed by atoms with Crippen LogP contribution in [0.2, 0.25) is 0 Å². The molecule has 0 spiro atoms. The summed E-state index contributed by atoms with van der Waals surface area (Å²) in [5.41, 5.74) is 4.36. The molecule has 5 N–H and O–H groups in total. The van der Waals surface area contributed by atoms with Gasteiger partial charge in [0.2, 0.25) is 17.6 Å². The molecule has 0 saturated heterocycles. The Morgan fingerprint density at radius 1 is 0.911 bits per heavy atom. The Morgan fingerprint density at radius 2 is 1.49 bits per heavy atom. The van der Waals surface area contributed by atoms with E-state index < -0.39 is 59.1 Å². The lowest BCUT2D eigenvalue weighted by atomic mass is 9.80. The molecule has 0 aromatic carbocycles. The summed E-state index contributed by atoms with van der Waals surface area (Å²) in [4.78, 5) is 81.0. The number of urea groups is 1. The lowest BCUT2D eigenvalue weighted by Crippen LogP contribution is -2.63. The van der Waals surface area contributed by atoms with Gasteiger partial charge in [-0.2, -0.15) is 0 Å². The minimum atomic E-state index is -1.10. The molecule has 0 aromatic heterocycles. The van der Waals surface area contributed by atoms with Crippen molar-refractivity contribution in [2.45, 2.75) is 137 Å². The number of primary amides is 1. The van der Waals surface area contributed by atoms with Crippen molar-refractivity contribution in [1.29, 1.82) is 0 Å².